The van der Waals surface area contributed by atoms with Gasteiger partial charge in [-0.25, -0.2) is 0 Å². The third-order valence-electron chi connectivity index (χ3n) is 5.29. The number of piperidine rings is 1. The summed E-state index contributed by atoms with van der Waals surface area (Å²) in [5.74, 6) is 0.0320. The Kier molecular flexibility index (Phi) is 5.54. The van der Waals surface area contributed by atoms with E-state index in [1.54, 1.807) is 29.0 Å². The number of hydrogen-bond acceptors (Lipinski definition) is 4. The van der Waals surface area contributed by atoms with Crippen LogP contribution in [0, 0.1) is 12.8 Å². The van der Waals surface area contributed by atoms with Gasteiger partial charge >= 0.3 is 0 Å². The van der Waals surface area contributed by atoms with Crippen LogP contribution in [0.2, 0.25) is 0 Å². The molecule has 3 amide bonds. The minimum atomic E-state index is -0.0448. The lowest BCUT2D eigenvalue weighted by atomic mass is 9.95. The zero-order valence-corrected chi connectivity index (χ0v) is 15.4. The summed E-state index contributed by atoms with van der Waals surface area (Å²) in [7, 11) is 0. The maximum atomic E-state index is 12.5. The van der Waals surface area contributed by atoms with E-state index in [1.807, 2.05) is 13.0 Å². The van der Waals surface area contributed by atoms with Gasteiger partial charge in [-0.15, -0.1) is 0 Å². The van der Waals surface area contributed by atoms with Crippen LogP contribution in [0.3, 0.4) is 0 Å². The third kappa shape index (κ3) is 4.20. The molecule has 0 saturated carbocycles. The number of likely N-dealkylation sites (tertiary alicyclic amines) is 2. The van der Waals surface area contributed by atoms with Crippen LogP contribution in [0.15, 0.2) is 18.3 Å². The minimum Gasteiger partial charge on any atom is -0.351 e. The molecule has 2 aliphatic heterocycles. The molecule has 1 aromatic rings. The summed E-state index contributed by atoms with van der Waals surface area (Å²) in [4.78, 5) is 44.1. The van der Waals surface area contributed by atoms with Crippen molar-refractivity contribution in [2.45, 2.75) is 39.2 Å². The second-order valence-corrected chi connectivity index (χ2v) is 7.21. The third-order valence-corrected chi connectivity index (χ3v) is 5.29. The summed E-state index contributed by atoms with van der Waals surface area (Å²) in [6, 6.07) is 3.62. The van der Waals surface area contributed by atoms with Gasteiger partial charge in [0.25, 0.3) is 5.91 Å². The molecule has 1 aromatic heterocycles. The second kappa shape index (κ2) is 7.85. The van der Waals surface area contributed by atoms with Crippen LogP contribution in [-0.4, -0.2) is 64.7 Å². The van der Waals surface area contributed by atoms with Gasteiger partial charge in [0.05, 0.1) is 5.56 Å². The van der Waals surface area contributed by atoms with E-state index in [1.165, 1.54) is 0 Å². The van der Waals surface area contributed by atoms with Crippen molar-refractivity contribution in [2.24, 2.45) is 5.92 Å². The first-order valence-electron chi connectivity index (χ1n) is 9.22. The number of rotatable bonds is 3. The van der Waals surface area contributed by atoms with Gasteiger partial charge in [-0.05, 0) is 38.3 Å². The lowest BCUT2D eigenvalue weighted by Gasteiger charge is -2.31. The summed E-state index contributed by atoms with van der Waals surface area (Å²) in [5.41, 5.74) is 1.46. The average molecular weight is 358 g/mol. The normalized spacial score (nSPS) is 20.9. The van der Waals surface area contributed by atoms with E-state index in [9.17, 15) is 14.4 Å². The molecule has 1 atom stereocenters. The van der Waals surface area contributed by atoms with Crippen molar-refractivity contribution >= 4 is 17.7 Å². The summed E-state index contributed by atoms with van der Waals surface area (Å²) in [5, 5.41) is 3.09. The molecular formula is C19H26N4O3. The van der Waals surface area contributed by atoms with Crippen LogP contribution < -0.4 is 5.32 Å². The molecule has 0 spiro atoms. The molecule has 7 heteroatoms. The second-order valence-electron chi connectivity index (χ2n) is 7.21. The van der Waals surface area contributed by atoms with E-state index in [0.717, 1.165) is 12.1 Å². The Morgan fingerprint density at radius 2 is 1.77 bits per heavy atom. The predicted molar refractivity (Wildman–Crippen MR) is 96.4 cm³/mol. The lowest BCUT2D eigenvalue weighted by Crippen LogP contribution is -2.45. The number of aryl methyl sites for hydroxylation is 1. The van der Waals surface area contributed by atoms with Gasteiger partial charge in [0.2, 0.25) is 11.8 Å². The van der Waals surface area contributed by atoms with E-state index < -0.39 is 0 Å². The first kappa shape index (κ1) is 18.4. The van der Waals surface area contributed by atoms with Crippen molar-refractivity contribution in [2.75, 3.05) is 26.2 Å². The highest BCUT2D eigenvalue weighted by Gasteiger charge is 2.31. The fourth-order valence-corrected chi connectivity index (χ4v) is 3.62. The van der Waals surface area contributed by atoms with Crippen molar-refractivity contribution in [1.82, 2.24) is 20.1 Å². The number of pyridine rings is 1. The largest absolute Gasteiger partial charge is 0.351 e. The quantitative estimate of drug-likeness (QED) is 0.873. The van der Waals surface area contributed by atoms with Crippen LogP contribution >= 0.6 is 0 Å². The summed E-state index contributed by atoms with van der Waals surface area (Å²) in [6.45, 7) is 5.90. The van der Waals surface area contributed by atoms with E-state index in [2.05, 4.69) is 10.3 Å². The van der Waals surface area contributed by atoms with E-state index in [0.29, 0.717) is 44.6 Å². The van der Waals surface area contributed by atoms with Gasteiger partial charge in [0.15, 0.2) is 0 Å². The van der Waals surface area contributed by atoms with Crippen LogP contribution in [0.4, 0.5) is 0 Å². The van der Waals surface area contributed by atoms with E-state index in [-0.39, 0.29) is 29.7 Å². The average Bonchev–Trinajstić information content (AvgIpc) is 3.10. The smallest absolute Gasteiger partial charge is 0.255 e. The monoisotopic (exact) mass is 358 g/mol. The summed E-state index contributed by atoms with van der Waals surface area (Å²) >= 11 is 0. The number of aromatic nitrogens is 1. The molecule has 7 nitrogen and oxygen atoms in total. The summed E-state index contributed by atoms with van der Waals surface area (Å²) in [6.07, 6.45) is 3.78. The molecule has 3 rings (SSSR count). The number of nitrogens with zero attached hydrogens (tertiary/aromatic N) is 3. The SMILES string of the molecule is CC(=O)N1CCC(C(=O)N[C@@H]2CCN(C(=O)c3ccc(C)nc3)C2)CC1. The molecule has 26 heavy (non-hydrogen) atoms. The van der Waals surface area contributed by atoms with E-state index >= 15 is 0 Å². The molecule has 0 aliphatic carbocycles. The van der Waals surface area contributed by atoms with Crippen LogP contribution in [-0.2, 0) is 9.59 Å². The van der Waals surface area contributed by atoms with Crippen LogP contribution in [0.1, 0.15) is 42.2 Å². The zero-order chi connectivity index (χ0) is 18.7. The highest BCUT2D eigenvalue weighted by molar-refractivity contribution is 5.94. The van der Waals surface area contributed by atoms with Crippen LogP contribution in [0.25, 0.3) is 0 Å². The molecule has 3 heterocycles. The van der Waals surface area contributed by atoms with E-state index in [4.69, 9.17) is 0 Å². The number of carbonyl (C=O) groups excluding carboxylic acids is 3. The fraction of sp³-hybridized carbons (Fsp3) is 0.579. The molecule has 140 valence electrons. The summed E-state index contributed by atoms with van der Waals surface area (Å²) < 4.78 is 0. The predicted octanol–water partition coefficient (Wildman–Crippen LogP) is 0.979. The first-order chi connectivity index (χ1) is 12.4. The topological polar surface area (TPSA) is 82.6 Å². The van der Waals surface area contributed by atoms with Crippen molar-refractivity contribution in [3.8, 4) is 0 Å². The zero-order valence-electron chi connectivity index (χ0n) is 15.4. The van der Waals surface area contributed by atoms with Crippen LogP contribution in [0.5, 0.6) is 0 Å². The number of nitrogens with one attached hydrogen (secondary N) is 1. The molecule has 0 aromatic carbocycles. The Labute approximate surface area is 153 Å². The Hall–Kier alpha value is -2.44. The lowest BCUT2D eigenvalue weighted by molar-refractivity contribution is -0.134. The minimum absolute atomic E-state index is 0.00399. The fourth-order valence-electron chi connectivity index (χ4n) is 3.62. The molecule has 1 N–H and O–H groups in total. The standard InChI is InChI=1S/C19H26N4O3/c1-13-3-4-16(11-20-13)19(26)23-10-7-17(12-23)21-18(25)15-5-8-22(9-6-15)14(2)24/h3-4,11,15,17H,5-10,12H2,1-2H3,(H,21,25)/t17-/m1/s1. The maximum absolute atomic E-state index is 12.5. The number of hydrogen-bond donors (Lipinski definition) is 1. The van der Waals surface area contributed by atoms with Crippen molar-refractivity contribution in [3.05, 3.63) is 29.6 Å². The molecule has 0 bridgehead atoms. The maximum Gasteiger partial charge on any atom is 0.255 e. The van der Waals surface area contributed by atoms with Gasteiger partial charge in [-0.2, -0.15) is 0 Å². The van der Waals surface area contributed by atoms with Gasteiger partial charge in [0, 0.05) is 57.0 Å². The molecule has 2 fully saturated rings. The van der Waals surface area contributed by atoms with Gasteiger partial charge in [-0.3, -0.25) is 19.4 Å². The molecule has 2 saturated heterocycles. The number of amides is 3. The Morgan fingerprint density at radius 1 is 1.08 bits per heavy atom. The van der Waals surface area contributed by atoms with Gasteiger partial charge in [0.1, 0.15) is 0 Å². The van der Waals surface area contributed by atoms with Gasteiger partial charge in [-0.1, -0.05) is 0 Å². The van der Waals surface area contributed by atoms with Crippen molar-refractivity contribution in [3.63, 3.8) is 0 Å². The van der Waals surface area contributed by atoms with Crippen molar-refractivity contribution < 1.29 is 14.4 Å². The molecule has 2 aliphatic rings. The molecule has 0 unspecified atom stereocenters. The van der Waals surface area contributed by atoms with Gasteiger partial charge < -0.3 is 15.1 Å². The first-order valence-corrected chi connectivity index (χ1v) is 9.22. The Morgan fingerprint density at radius 3 is 2.38 bits per heavy atom. The molecular weight excluding hydrogens is 332 g/mol. The Bertz CT molecular complexity index is 681. The highest BCUT2D eigenvalue weighted by Crippen LogP contribution is 2.19. The molecule has 0 radical (unpaired) electrons. The number of carbonyl (C=O) groups is 3. The Balaban J connectivity index is 1.48. The highest BCUT2D eigenvalue weighted by atomic mass is 16.2. The van der Waals surface area contributed by atoms with Crippen molar-refractivity contribution in [1.29, 1.82) is 0 Å².